The second-order valence-electron chi connectivity index (χ2n) is 16.8. The van der Waals surface area contributed by atoms with Crippen LogP contribution in [0, 0.1) is 17.7 Å². The minimum absolute atomic E-state index is 0.0126. The molecule has 8 heterocycles. The van der Waals surface area contributed by atoms with Crippen molar-refractivity contribution in [2.24, 2.45) is 11.8 Å². The molecule has 0 aliphatic heterocycles. The fourth-order valence-corrected chi connectivity index (χ4v) is 11.8. The van der Waals surface area contributed by atoms with E-state index in [0.717, 1.165) is 72.8 Å². The van der Waals surface area contributed by atoms with E-state index in [1.54, 1.807) is 95.2 Å². The molecule has 0 fully saturated rings. The Morgan fingerprint density at radius 2 is 1.19 bits per heavy atom. The van der Waals surface area contributed by atoms with Gasteiger partial charge in [-0.2, -0.15) is 10.2 Å². The largest absolute Gasteiger partial charge is 0.493 e. The van der Waals surface area contributed by atoms with Crippen LogP contribution in [0.15, 0.2) is 110 Å². The number of nitrogens with zero attached hydrogens (tertiary/aromatic N) is 8. The van der Waals surface area contributed by atoms with Gasteiger partial charge in [-0.1, -0.05) is 17.7 Å². The minimum atomic E-state index is -0.330. The Balaban J connectivity index is 0.000000152. The molecule has 70 heavy (non-hydrogen) atoms. The second-order valence-corrected chi connectivity index (χ2v) is 19.5. The van der Waals surface area contributed by atoms with E-state index in [1.165, 1.54) is 28.1 Å². The lowest BCUT2D eigenvalue weighted by Crippen LogP contribution is -2.27. The van der Waals surface area contributed by atoms with E-state index in [0.29, 0.717) is 53.0 Å². The van der Waals surface area contributed by atoms with Gasteiger partial charge in [-0.3, -0.25) is 9.59 Å². The Morgan fingerprint density at radius 3 is 1.69 bits per heavy atom. The van der Waals surface area contributed by atoms with Crippen LogP contribution in [0.5, 0.6) is 11.5 Å². The minimum Gasteiger partial charge on any atom is -0.493 e. The average Bonchev–Trinajstić information content (AvgIpc) is 4.19. The summed E-state index contributed by atoms with van der Waals surface area (Å²) in [6, 6.07) is 20.9. The molecule has 2 amide bonds. The molecule has 0 saturated heterocycles. The topological polar surface area (TPSA) is 187 Å². The Bertz CT molecular complexity index is 3610. The first-order valence-corrected chi connectivity index (χ1v) is 24.4. The van der Waals surface area contributed by atoms with Crippen LogP contribution in [0.1, 0.15) is 33.7 Å². The second kappa shape index (κ2) is 19.0. The normalized spacial score (nSPS) is 15.2. The predicted molar refractivity (Wildman–Crippen MR) is 271 cm³/mol. The molecule has 2 atom stereocenters. The number of benzene rings is 2. The number of ether oxygens (including phenoxy) is 2. The van der Waals surface area contributed by atoms with Crippen molar-refractivity contribution in [2.75, 3.05) is 35.5 Å². The van der Waals surface area contributed by atoms with Gasteiger partial charge in [0, 0.05) is 50.4 Å². The SMILES string of the molecule is COc1cn2nccc2cc1Nc1ncnc2sc3c(c12)CCC(C(=O)Nc1ccc(F)cc1)C3.COc1cn2nccc2cc1Nc1ncnc2sc3c(c12)CCC(C(=O)Nc1cccc(Cl)c1)C3. The molecule has 352 valence electrons. The van der Waals surface area contributed by atoms with Gasteiger partial charge >= 0.3 is 0 Å². The zero-order valence-corrected chi connectivity index (χ0v) is 40.0. The molecule has 2 aliphatic carbocycles. The lowest BCUT2D eigenvalue weighted by atomic mass is 9.87. The maximum absolute atomic E-state index is 13.2. The molecule has 2 aromatic carbocycles. The standard InChI is InChI=1S/C25H21ClN6O2S.C25H21FN6O2S/c1-34-20-12-32-17(7-8-29-32)11-19(20)31-23-22-18-6-5-14(9-21(18)35-25(22)28-13-27-23)24(33)30-16-4-2-3-15(26)10-16;1-34-20-12-32-17(8-9-29-32)11-19(20)31-23-22-18-7-2-14(10-21(18)35-25(22)28-13-27-23)24(33)30-16-5-3-15(26)4-6-16/h2-4,7-8,10-14H,5-6,9H2,1H3,(H,30,33)(H,27,28,31);3-6,8-9,11-14H,2,7,10H2,1H3,(H,30,33)(H,27,28,31). The number of hydrogen-bond donors (Lipinski definition) is 4. The number of aromatic nitrogens is 8. The molecule has 2 aliphatic rings. The van der Waals surface area contributed by atoms with Gasteiger partial charge < -0.3 is 30.7 Å². The van der Waals surface area contributed by atoms with Crippen molar-refractivity contribution >= 4 is 112 Å². The monoisotopic (exact) mass is 992 g/mol. The molecule has 12 rings (SSSR count). The van der Waals surface area contributed by atoms with Crippen LogP contribution in [0.3, 0.4) is 0 Å². The molecular formula is C50H42ClFN12O4S2. The highest BCUT2D eigenvalue weighted by atomic mass is 35.5. The fourth-order valence-electron chi connectivity index (χ4n) is 9.11. The molecule has 0 spiro atoms. The van der Waals surface area contributed by atoms with Crippen LogP contribution in [0.4, 0.5) is 38.8 Å². The summed E-state index contributed by atoms with van der Waals surface area (Å²) in [7, 11) is 3.25. The number of nitrogens with one attached hydrogen (secondary N) is 4. The van der Waals surface area contributed by atoms with E-state index in [9.17, 15) is 14.0 Å². The number of fused-ring (bicyclic) bond motifs is 8. The molecule has 0 radical (unpaired) electrons. The summed E-state index contributed by atoms with van der Waals surface area (Å²) in [6.07, 6.45) is 14.6. The van der Waals surface area contributed by atoms with Crippen molar-refractivity contribution in [3.8, 4) is 11.5 Å². The number of halogens is 2. The molecule has 8 aromatic heterocycles. The molecule has 16 nitrogen and oxygen atoms in total. The highest BCUT2D eigenvalue weighted by molar-refractivity contribution is 7.19. The molecule has 10 aromatic rings. The number of rotatable bonds is 10. The highest BCUT2D eigenvalue weighted by Crippen LogP contribution is 2.43. The summed E-state index contributed by atoms with van der Waals surface area (Å²) in [5.41, 5.74) is 7.17. The maximum atomic E-state index is 13.2. The van der Waals surface area contributed by atoms with Gasteiger partial charge in [0.05, 0.1) is 59.8 Å². The third kappa shape index (κ3) is 8.89. The first-order valence-electron chi connectivity index (χ1n) is 22.4. The number of carbonyl (C=O) groups is 2. The van der Waals surface area contributed by atoms with E-state index in [4.69, 9.17) is 21.1 Å². The third-order valence-electron chi connectivity index (χ3n) is 12.6. The third-order valence-corrected chi connectivity index (χ3v) is 15.1. The molecule has 20 heteroatoms. The maximum Gasteiger partial charge on any atom is 0.227 e. The Labute approximate surface area is 411 Å². The molecular weight excluding hydrogens is 951 g/mol. The quantitative estimate of drug-likeness (QED) is 0.102. The fraction of sp³-hybridized carbons (Fsp3) is 0.200. The average molecular weight is 994 g/mol. The van der Waals surface area contributed by atoms with Crippen molar-refractivity contribution in [1.82, 2.24) is 39.2 Å². The summed E-state index contributed by atoms with van der Waals surface area (Å²) < 4.78 is 27.8. The van der Waals surface area contributed by atoms with E-state index in [-0.39, 0.29) is 29.5 Å². The summed E-state index contributed by atoms with van der Waals surface area (Å²) in [5.74, 6) is 2.12. The van der Waals surface area contributed by atoms with Gasteiger partial charge in [0.15, 0.2) is 11.5 Å². The van der Waals surface area contributed by atoms with Crippen LogP contribution in [-0.4, -0.2) is 65.2 Å². The van der Waals surface area contributed by atoms with Crippen LogP contribution in [0.25, 0.3) is 31.5 Å². The van der Waals surface area contributed by atoms with E-state index in [2.05, 4.69) is 51.4 Å². The van der Waals surface area contributed by atoms with Crippen LogP contribution in [0.2, 0.25) is 5.02 Å². The van der Waals surface area contributed by atoms with Gasteiger partial charge in [0.1, 0.15) is 39.8 Å². The van der Waals surface area contributed by atoms with E-state index < -0.39 is 0 Å². The predicted octanol–water partition coefficient (Wildman–Crippen LogP) is 10.5. The van der Waals surface area contributed by atoms with Gasteiger partial charge in [0.2, 0.25) is 11.8 Å². The van der Waals surface area contributed by atoms with Crippen LogP contribution >= 0.6 is 34.3 Å². The lowest BCUT2D eigenvalue weighted by Gasteiger charge is -2.22. The number of amides is 2. The first-order chi connectivity index (χ1) is 34.2. The van der Waals surface area contributed by atoms with E-state index >= 15 is 0 Å². The van der Waals surface area contributed by atoms with Crippen LogP contribution < -0.4 is 30.7 Å². The number of hydrogen-bond acceptors (Lipinski definition) is 14. The summed E-state index contributed by atoms with van der Waals surface area (Å²) in [4.78, 5) is 48.1. The smallest absolute Gasteiger partial charge is 0.227 e. The Kier molecular flexibility index (Phi) is 12.1. The van der Waals surface area contributed by atoms with Crippen molar-refractivity contribution in [3.63, 3.8) is 0 Å². The number of aryl methyl sites for hydroxylation is 2. The van der Waals surface area contributed by atoms with Crippen molar-refractivity contribution in [3.05, 3.63) is 142 Å². The molecule has 4 N–H and O–H groups in total. The zero-order valence-electron chi connectivity index (χ0n) is 37.6. The first kappa shape index (κ1) is 44.7. The van der Waals surface area contributed by atoms with Gasteiger partial charge in [-0.15, -0.1) is 22.7 Å². The number of anilines is 6. The van der Waals surface area contributed by atoms with E-state index in [1.807, 2.05) is 48.8 Å². The summed E-state index contributed by atoms with van der Waals surface area (Å²) in [5, 5.41) is 23.9. The molecule has 0 bridgehead atoms. The number of thiophene rings is 2. The van der Waals surface area contributed by atoms with Crippen molar-refractivity contribution < 1.29 is 23.5 Å². The highest BCUT2D eigenvalue weighted by Gasteiger charge is 2.31. The lowest BCUT2D eigenvalue weighted by molar-refractivity contribution is -0.120. The zero-order chi connectivity index (χ0) is 47.9. The van der Waals surface area contributed by atoms with Crippen molar-refractivity contribution in [2.45, 2.75) is 38.5 Å². The number of carbonyl (C=O) groups excluding carboxylic acids is 2. The van der Waals surface area contributed by atoms with Crippen molar-refractivity contribution in [1.29, 1.82) is 0 Å². The number of methoxy groups -OCH3 is 2. The van der Waals surface area contributed by atoms with Crippen LogP contribution in [-0.2, 0) is 35.3 Å². The van der Waals surface area contributed by atoms with Gasteiger partial charge in [-0.25, -0.2) is 33.4 Å². The Morgan fingerprint density at radius 1 is 0.671 bits per heavy atom. The molecule has 0 saturated carbocycles. The summed E-state index contributed by atoms with van der Waals surface area (Å²) >= 11 is 9.29. The molecule has 2 unspecified atom stereocenters. The number of pyridine rings is 2. The summed E-state index contributed by atoms with van der Waals surface area (Å²) in [6.45, 7) is 0. The Hall–Kier alpha value is -7.74. The van der Waals surface area contributed by atoms with Gasteiger partial charge in [-0.05, 0) is 116 Å². The van der Waals surface area contributed by atoms with Gasteiger partial charge in [0.25, 0.3) is 0 Å².